The van der Waals surface area contributed by atoms with Crippen LogP contribution >= 0.6 is 27.5 Å². The van der Waals surface area contributed by atoms with Crippen molar-refractivity contribution in [1.82, 2.24) is 4.98 Å². The molecule has 2 aromatic carbocycles. The van der Waals surface area contributed by atoms with Crippen molar-refractivity contribution in [2.24, 2.45) is 0 Å². The zero-order valence-electron chi connectivity index (χ0n) is 17.6. The summed E-state index contributed by atoms with van der Waals surface area (Å²) in [5.74, 6) is -1.46. The van der Waals surface area contributed by atoms with E-state index in [0.29, 0.717) is 17.0 Å². The Kier molecular flexibility index (Phi) is 6.40. The third-order valence-electron chi connectivity index (χ3n) is 5.26. The zero-order valence-corrected chi connectivity index (χ0v) is 19.9. The van der Waals surface area contributed by atoms with Crippen molar-refractivity contribution < 1.29 is 24.2 Å². The highest BCUT2D eigenvalue weighted by molar-refractivity contribution is 9.10. The molecule has 1 saturated heterocycles. The Morgan fingerprint density at radius 3 is 2.48 bits per heavy atom. The number of aromatic nitrogens is 1. The molecule has 2 heterocycles. The standard InChI is InChI=1S/C24H18BrClN2O5/c1-32-18-11-19(33-2)17(26)10-16(18)22(29)20-21(13-5-4-8-27-12-13)28(24(31)23(20)30)15-7-3-6-14(25)9-15/h3-12,21,29H,1-2H3/b22-20+. The van der Waals surface area contributed by atoms with Crippen LogP contribution in [0.3, 0.4) is 0 Å². The number of ether oxygens (including phenoxy) is 2. The normalized spacial score (nSPS) is 17.3. The molecule has 0 aliphatic carbocycles. The topological polar surface area (TPSA) is 89.0 Å². The number of hydrogen-bond donors (Lipinski definition) is 1. The van der Waals surface area contributed by atoms with Crippen LogP contribution in [-0.2, 0) is 9.59 Å². The third kappa shape index (κ3) is 4.07. The van der Waals surface area contributed by atoms with Crippen molar-refractivity contribution in [3.63, 3.8) is 0 Å². The van der Waals surface area contributed by atoms with Crippen LogP contribution in [0.4, 0.5) is 5.69 Å². The molecule has 1 fully saturated rings. The van der Waals surface area contributed by atoms with E-state index in [1.807, 2.05) is 6.07 Å². The van der Waals surface area contributed by atoms with Gasteiger partial charge in [-0.05, 0) is 35.9 Å². The fourth-order valence-corrected chi connectivity index (χ4v) is 4.40. The smallest absolute Gasteiger partial charge is 0.300 e. The minimum atomic E-state index is -0.918. The fourth-order valence-electron chi connectivity index (χ4n) is 3.77. The Bertz CT molecular complexity index is 1280. The van der Waals surface area contributed by atoms with E-state index < -0.39 is 23.5 Å². The molecule has 1 atom stereocenters. The predicted octanol–water partition coefficient (Wildman–Crippen LogP) is 5.14. The molecule has 0 spiro atoms. The fraction of sp³-hybridized carbons (Fsp3) is 0.125. The summed E-state index contributed by atoms with van der Waals surface area (Å²) in [5.41, 5.74) is 1.09. The molecular weight excluding hydrogens is 512 g/mol. The van der Waals surface area contributed by atoms with Gasteiger partial charge in [-0.2, -0.15) is 0 Å². The van der Waals surface area contributed by atoms with E-state index in [1.165, 1.54) is 31.3 Å². The van der Waals surface area contributed by atoms with Gasteiger partial charge in [0.1, 0.15) is 17.3 Å². The van der Waals surface area contributed by atoms with Gasteiger partial charge in [0.15, 0.2) is 0 Å². The number of anilines is 1. The molecule has 4 rings (SSSR count). The molecule has 1 aromatic heterocycles. The maximum absolute atomic E-state index is 13.2. The maximum atomic E-state index is 13.2. The Morgan fingerprint density at radius 2 is 1.85 bits per heavy atom. The van der Waals surface area contributed by atoms with Gasteiger partial charge in [-0.3, -0.25) is 19.5 Å². The van der Waals surface area contributed by atoms with Crippen LogP contribution in [-0.4, -0.2) is 36.0 Å². The second-order valence-corrected chi connectivity index (χ2v) is 8.45. The summed E-state index contributed by atoms with van der Waals surface area (Å²) in [5, 5.41) is 11.5. The van der Waals surface area contributed by atoms with Gasteiger partial charge in [-0.25, -0.2) is 0 Å². The van der Waals surface area contributed by atoms with Gasteiger partial charge in [0.05, 0.1) is 36.4 Å². The average Bonchev–Trinajstić information content (AvgIpc) is 3.09. The highest BCUT2D eigenvalue weighted by atomic mass is 79.9. The molecule has 9 heteroatoms. The van der Waals surface area contributed by atoms with Gasteiger partial charge in [-0.1, -0.05) is 39.7 Å². The minimum absolute atomic E-state index is 0.104. The number of ketones is 1. The summed E-state index contributed by atoms with van der Waals surface area (Å²) >= 11 is 9.68. The number of rotatable bonds is 5. The molecule has 1 aliphatic rings. The molecule has 1 amide bonds. The van der Waals surface area contributed by atoms with E-state index >= 15 is 0 Å². The van der Waals surface area contributed by atoms with Gasteiger partial charge in [-0.15, -0.1) is 0 Å². The van der Waals surface area contributed by atoms with Crippen molar-refractivity contribution in [3.8, 4) is 11.5 Å². The van der Waals surface area contributed by atoms with Crippen LogP contribution in [0.5, 0.6) is 11.5 Å². The molecule has 0 bridgehead atoms. The lowest BCUT2D eigenvalue weighted by Crippen LogP contribution is -2.29. The van der Waals surface area contributed by atoms with Gasteiger partial charge in [0, 0.05) is 28.6 Å². The lowest BCUT2D eigenvalue weighted by Gasteiger charge is -2.25. The molecule has 3 aromatic rings. The number of pyridine rings is 1. The summed E-state index contributed by atoms with van der Waals surface area (Å²) in [7, 11) is 2.87. The van der Waals surface area contributed by atoms with Crippen molar-refractivity contribution in [2.75, 3.05) is 19.1 Å². The SMILES string of the molecule is COc1cc(OC)c(/C(O)=C2\C(=O)C(=O)N(c3cccc(Br)c3)C2c2cccnc2)cc1Cl. The third-order valence-corrected chi connectivity index (χ3v) is 6.05. The molecule has 0 radical (unpaired) electrons. The summed E-state index contributed by atoms with van der Waals surface area (Å²) in [4.78, 5) is 31.9. The van der Waals surface area contributed by atoms with Gasteiger partial charge in [0.25, 0.3) is 11.7 Å². The van der Waals surface area contributed by atoms with E-state index in [2.05, 4.69) is 20.9 Å². The summed E-state index contributed by atoms with van der Waals surface area (Å²) in [6.07, 6.45) is 3.13. The number of methoxy groups -OCH3 is 2. The molecule has 1 aliphatic heterocycles. The molecule has 0 saturated carbocycles. The van der Waals surface area contributed by atoms with Gasteiger partial charge >= 0.3 is 0 Å². The first kappa shape index (κ1) is 22.8. The van der Waals surface area contributed by atoms with Crippen LogP contribution in [0.25, 0.3) is 5.76 Å². The van der Waals surface area contributed by atoms with Crippen LogP contribution in [0.1, 0.15) is 17.2 Å². The lowest BCUT2D eigenvalue weighted by atomic mass is 9.95. The van der Waals surface area contributed by atoms with E-state index in [-0.39, 0.29) is 21.9 Å². The number of halogens is 2. The molecule has 1 unspecified atom stereocenters. The number of carbonyl (C=O) groups is 2. The monoisotopic (exact) mass is 528 g/mol. The maximum Gasteiger partial charge on any atom is 0.300 e. The quantitative estimate of drug-likeness (QED) is 0.280. The number of carbonyl (C=O) groups excluding carboxylic acids is 2. The Balaban J connectivity index is 1.98. The van der Waals surface area contributed by atoms with Crippen molar-refractivity contribution in [2.45, 2.75) is 6.04 Å². The first-order valence-electron chi connectivity index (χ1n) is 9.75. The summed E-state index contributed by atoms with van der Waals surface area (Å²) < 4.78 is 11.3. The Labute approximate surface area is 203 Å². The predicted molar refractivity (Wildman–Crippen MR) is 128 cm³/mol. The second-order valence-electron chi connectivity index (χ2n) is 7.12. The zero-order chi connectivity index (χ0) is 23.7. The minimum Gasteiger partial charge on any atom is -0.507 e. The average molecular weight is 530 g/mol. The van der Waals surface area contributed by atoms with Crippen molar-refractivity contribution in [3.05, 3.63) is 87.1 Å². The summed E-state index contributed by atoms with van der Waals surface area (Å²) in [6.45, 7) is 0. The van der Waals surface area contributed by atoms with Gasteiger partial charge in [0.2, 0.25) is 0 Å². The van der Waals surface area contributed by atoms with E-state index in [0.717, 1.165) is 4.47 Å². The number of aliphatic hydroxyl groups is 1. The van der Waals surface area contributed by atoms with E-state index in [9.17, 15) is 14.7 Å². The van der Waals surface area contributed by atoms with Crippen molar-refractivity contribution in [1.29, 1.82) is 0 Å². The highest BCUT2D eigenvalue weighted by Gasteiger charge is 2.47. The molecule has 33 heavy (non-hydrogen) atoms. The first-order chi connectivity index (χ1) is 15.9. The number of hydrogen-bond acceptors (Lipinski definition) is 6. The van der Waals surface area contributed by atoms with Gasteiger partial charge < -0.3 is 14.6 Å². The molecule has 168 valence electrons. The molecular formula is C24H18BrClN2O5. The van der Waals surface area contributed by atoms with Crippen LogP contribution < -0.4 is 14.4 Å². The van der Waals surface area contributed by atoms with Crippen LogP contribution in [0.15, 0.2) is 71.0 Å². The lowest BCUT2D eigenvalue weighted by molar-refractivity contribution is -0.132. The first-order valence-corrected chi connectivity index (χ1v) is 10.9. The van der Waals surface area contributed by atoms with E-state index in [1.54, 1.807) is 42.7 Å². The highest BCUT2D eigenvalue weighted by Crippen LogP contribution is 2.44. The number of benzene rings is 2. The molecule has 1 N–H and O–H groups in total. The Hall–Kier alpha value is -3.36. The van der Waals surface area contributed by atoms with E-state index in [4.69, 9.17) is 21.1 Å². The van der Waals surface area contributed by atoms with Crippen LogP contribution in [0, 0.1) is 0 Å². The number of aliphatic hydroxyl groups excluding tert-OH is 1. The second kappa shape index (κ2) is 9.25. The number of nitrogens with zero attached hydrogens (tertiary/aromatic N) is 2. The number of Topliss-reactive ketones (excluding diaryl/α,β-unsaturated/α-hetero) is 1. The Morgan fingerprint density at radius 1 is 1.09 bits per heavy atom. The van der Waals surface area contributed by atoms with Crippen LogP contribution in [0.2, 0.25) is 5.02 Å². The molecule has 7 nitrogen and oxygen atoms in total. The number of amides is 1. The summed E-state index contributed by atoms with van der Waals surface area (Å²) in [6, 6.07) is 12.4. The van der Waals surface area contributed by atoms with Crippen molar-refractivity contribution >= 4 is 50.7 Å². The largest absolute Gasteiger partial charge is 0.507 e.